The van der Waals surface area contributed by atoms with Gasteiger partial charge in [0.15, 0.2) is 0 Å². The first-order valence-corrected chi connectivity index (χ1v) is 10.5. The van der Waals surface area contributed by atoms with E-state index >= 15 is 0 Å². The largest absolute Gasteiger partial charge is 0.478 e. The van der Waals surface area contributed by atoms with Gasteiger partial charge in [0.1, 0.15) is 5.01 Å². The van der Waals surface area contributed by atoms with Crippen LogP contribution in [0.15, 0.2) is 66.0 Å². The zero-order chi connectivity index (χ0) is 22.1. The molecule has 0 aliphatic carbocycles. The Morgan fingerprint density at radius 1 is 0.968 bits per heavy atom. The summed E-state index contributed by atoms with van der Waals surface area (Å²) in [6.07, 6.45) is 0. The van der Waals surface area contributed by atoms with E-state index in [1.807, 2.05) is 5.38 Å². The summed E-state index contributed by atoms with van der Waals surface area (Å²) in [5.41, 5.74) is 2.88. The fraction of sp³-hybridized carbons (Fsp3) is 0. The standard InChI is InChI=1S/C22H12Cl2N2O4S/c23-18-7-5-13(10-19(18)24)20-11-31-21(25-20)14-4-6-16(17(9-14)22(27)28)12-2-1-3-15(8-12)26(29)30/h1-11H,(H,27,28). The molecule has 0 amide bonds. The van der Waals surface area contributed by atoms with E-state index in [2.05, 4.69) is 4.98 Å². The number of aromatic carboxylic acids is 1. The topological polar surface area (TPSA) is 93.3 Å². The Bertz CT molecular complexity index is 1340. The molecule has 0 fully saturated rings. The molecule has 154 valence electrons. The van der Waals surface area contributed by atoms with Crippen LogP contribution in [0.25, 0.3) is 33.0 Å². The number of benzene rings is 3. The highest BCUT2D eigenvalue weighted by molar-refractivity contribution is 7.13. The van der Waals surface area contributed by atoms with Gasteiger partial charge in [-0.1, -0.05) is 53.5 Å². The number of nitrogens with zero attached hydrogens (tertiary/aromatic N) is 2. The molecule has 0 radical (unpaired) electrons. The van der Waals surface area contributed by atoms with Gasteiger partial charge >= 0.3 is 5.97 Å². The highest BCUT2D eigenvalue weighted by Gasteiger charge is 2.17. The summed E-state index contributed by atoms with van der Waals surface area (Å²) in [7, 11) is 0. The predicted molar refractivity (Wildman–Crippen MR) is 122 cm³/mol. The van der Waals surface area contributed by atoms with Crippen LogP contribution in [0.1, 0.15) is 10.4 Å². The highest BCUT2D eigenvalue weighted by atomic mass is 35.5. The normalized spacial score (nSPS) is 10.8. The van der Waals surface area contributed by atoms with Crippen molar-refractivity contribution in [3.8, 4) is 33.0 Å². The first-order chi connectivity index (χ1) is 14.8. The van der Waals surface area contributed by atoms with Gasteiger partial charge in [0, 0.05) is 28.6 Å². The van der Waals surface area contributed by atoms with Crippen molar-refractivity contribution in [2.24, 2.45) is 0 Å². The van der Waals surface area contributed by atoms with E-state index in [0.29, 0.717) is 37.4 Å². The third kappa shape index (κ3) is 4.29. The second-order valence-corrected chi connectivity index (χ2v) is 8.21. The maximum atomic E-state index is 11.9. The second kappa shape index (κ2) is 8.47. The summed E-state index contributed by atoms with van der Waals surface area (Å²) in [6, 6.07) is 16.0. The summed E-state index contributed by atoms with van der Waals surface area (Å²) in [5, 5.41) is 24.2. The van der Waals surface area contributed by atoms with E-state index in [9.17, 15) is 20.0 Å². The molecule has 9 heteroatoms. The Kier molecular flexibility index (Phi) is 5.73. The molecule has 4 rings (SSSR count). The van der Waals surface area contributed by atoms with Crippen molar-refractivity contribution >= 4 is 46.2 Å². The maximum Gasteiger partial charge on any atom is 0.336 e. The Morgan fingerprint density at radius 3 is 2.45 bits per heavy atom. The molecule has 0 bridgehead atoms. The van der Waals surface area contributed by atoms with Crippen molar-refractivity contribution < 1.29 is 14.8 Å². The SMILES string of the molecule is O=C(O)c1cc(-c2nc(-c3ccc(Cl)c(Cl)c3)cs2)ccc1-c1cccc([N+](=O)[O-])c1. The molecule has 3 aromatic carbocycles. The number of nitro benzene ring substituents is 1. The van der Waals surface area contributed by atoms with Gasteiger partial charge < -0.3 is 5.11 Å². The van der Waals surface area contributed by atoms with Crippen molar-refractivity contribution in [2.75, 3.05) is 0 Å². The van der Waals surface area contributed by atoms with Crippen LogP contribution < -0.4 is 0 Å². The number of hydrogen-bond donors (Lipinski definition) is 1. The number of aromatic nitrogens is 1. The monoisotopic (exact) mass is 470 g/mol. The van der Waals surface area contributed by atoms with E-state index in [1.165, 1.54) is 35.6 Å². The number of carboxylic acids is 1. The fourth-order valence-corrected chi connectivity index (χ4v) is 4.21. The number of carboxylic acid groups (broad SMARTS) is 1. The van der Waals surface area contributed by atoms with E-state index in [0.717, 1.165) is 5.56 Å². The fourth-order valence-electron chi connectivity index (χ4n) is 3.09. The number of non-ortho nitro benzene ring substituents is 1. The predicted octanol–water partition coefficient (Wildman–Crippen LogP) is 7.06. The first kappa shape index (κ1) is 21.0. The molecular formula is C22H12Cl2N2O4S. The lowest BCUT2D eigenvalue weighted by molar-refractivity contribution is -0.384. The second-order valence-electron chi connectivity index (χ2n) is 6.54. The van der Waals surface area contributed by atoms with Crippen LogP contribution in [0.4, 0.5) is 5.69 Å². The van der Waals surface area contributed by atoms with E-state index < -0.39 is 10.9 Å². The Balaban J connectivity index is 1.74. The summed E-state index contributed by atoms with van der Waals surface area (Å²) in [4.78, 5) is 27.1. The third-order valence-electron chi connectivity index (χ3n) is 4.58. The molecule has 0 unspecified atom stereocenters. The first-order valence-electron chi connectivity index (χ1n) is 8.87. The van der Waals surface area contributed by atoms with Crippen LogP contribution in [0.3, 0.4) is 0 Å². The number of hydrogen-bond acceptors (Lipinski definition) is 5. The third-order valence-corrected chi connectivity index (χ3v) is 6.21. The number of halogens is 2. The molecule has 6 nitrogen and oxygen atoms in total. The molecule has 0 saturated heterocycles. The van der Waals surface area contributed by atoms with Crippen molar-refractivity contribution in [1.82, 2.24) is 4.98 Å². The molecule has 1 N–H and O–H groups in total. The number of thiazole rings is 1. The Morgan fingerprint density at radius 2 is 1.74 bits per heavy atom. The molecule has 0 aliphatic rings. The minimum Gasteiger partial charge on any atom is -0.478 e. The quantitative estimate of drug-likeness (QED) is 0.249. The number of nitro groups is 1. The number of carbonyl (C=O) groups is 1. The van der Waals surface area contributed by atoms with E-state index in [4.69, 9.17) is 23.2 Å². The highest BCUT2D eigenvalue weighted by Crippen LogP contribution is 2.35. The lowest BCUT2D eigenvalue weighted by Gasteiger charge is -2.08. The summed E-state index contributed by atoms with van der Waals surface area (Å²) < 4.78 is 0. The zero-order valence-corrected chi connectivity index (χ0v) is 17.9. The molecule has 1 aromatic heterocycles. The van der Waals surface area contributed by atoms with Crippen molar-refractivity contribution in [1.29, 1.82) is 0 Å². The van der Waals surface area contributed by atoms with Crippen LogP contribution in [-0.2, 0) is 0 Å². The molecule has 0 spiro atoms. The Labute approximate surface area is 190 Å². The molecule has 0 aliphatic heterocycles. The smallest absolute Gasteiger partial charge is 0.336 e. The van der Waals surface area contributed by atoms with Crippen molar-refractivity contribution in [3.05, 3.63) is 91.8 Å². The zero-order valence-electron chi connectivity index (χ0n) is 15.6. The van der Waals surface area contributed by atoms with Crippen LogP contribution in [-0.4, -0.2) is 21.0 Å². The lowest BCUT2D eigenvalue weighted by atomic mass is 9.97. The van der Waals surface area contributed by atoms with Crippen LogP contribution in [0.5, 0.6) is 0 Å². The molecule has 4 aromatic rings. The van der Waals surface area contributed by atoms with Crippen LogP contribution in [0, 0.1) is 10.1 Å². The van der Waals surface area contributed by atoms with Gasteiger partial charge in [-0.25, -0.2) is 9.78 Å². The van der Waals surface area contributed by atoms with Crippen LogP contribution >= 0.6 is 34.5 Å². The van der Waals surface area contributed by atoms with E-state index in [-0.39, 0.29) is 11.3 Å². The van der Waals surface area contributed by atoms with Gasteiger partial charge in [-0.15, -0.1) is 11.3 Å². The maximum absolute atomic E-state index is 11.9. The number of rotatable bonds is 5. The Hall–Kier alpha value is -3.26. The molecule has 31 heavy (non-hydrogen) atoms. The molecule has 0 saturated carbocycles. The van der Waals surface area contributed by atoms with Gasteiger partial charge in [-0.2, -0.15) is 0 Å². The molecule has 0 atom stereocenters. The van der Waals surface area contributed by atoms with Gasteiger partial charge in [0.25, 0.3) is 5.69 Å². The minimum atomic E-state index is -1.13. The average molecular weight is 471 g/mol. The van der Waals surface area contributed by atoms with Gasteiger partial charge in [-0.3, -0.25) is 10.1 Å². The van der Waals surface area contributed by atoms with Crippen molar-refractivity contribution in [3.63, 3.8) is 0 Å². The molecular weight excluding hydrogens is 459 g/mol. The summed E-state index contributed by atoms with van der Waals surface area (Å²) in [5.74, 6) is -1.13. The molecule has 1 heterocycles. The van der Waals surface area contributed by atoms with Gasteiger partial charge in [-0.05, 0) is 29.3 Å². The average Bonchev–Trinajstić information content (AvgIpc) is 3.25. The summed E-state index contributed by atoms with van der Waals surface area (Å²) in [6.45, 7) is 0. The summed E-state index contributed by atoms with van der Waals surface area (Å²) >= 11 is 13.4. The van der Waals surface area contributed by atoms with Gasteiger partial charge in [0.05, 0.1) is 26.2 Å². The van der Waals surface area contributed by atoms with E-state index in [1.54, 1.807) is 36.4 Å². The lowest BCUT2D eigenvalue weighted by Crippen LogP contribution is -2.00. The van der Waals surface area contributed by atoms with Crippen molar-refractivity contribution in [2.45, 2.75) is 0 Å². The minimum absolute atomic E-state index is 0.0317. The van der Waals surface area contributed by atoms with Gasteiger partial charge in [0.2, 0.25) is 0 Å². The van der Waals surface area contributed by atoms with Crippen LogP contribution in [0.2, 0.25) is 10.0 Å².